The second kappa shape index (κ2) is 6.67. The molecule has 0 spiro atoms. The van der Waals surface area contributed by atoms with Crippen LogP contribution in [0, 0.1) is 11.3 Å². The molecule has 108 valence electrons. The van der Waals surface area contributed by atoms with E-state index in [0.717, 1.165) is 13.2 Å². The van der Waals surface area contributed by atoms with Crippen LogP contribution in [-0.4, -0.2) is 39.3 Å². The fourth-order valence-electron chi connectivity index (χ4n) is 1.36. The highest BCUT2D eigenvalue weighted by molar-refractivity contribution is 7.89. The molecule has 9 heteroatoms. The first-order valence-corrected chi connectivity index (χ1v) is 7.12. The minimum atomic E-state index is -4.21. The van der Waals surface area contributed by atoms with Gasteiger partial charge < -0.3 is 9.84 Å². The number of hydrogen-bond acceptors (Lipinski definition) is 6. The van der Waals surface area contributed by atoms with Crippen LogP contribution in [0.2, 0.25) is 5.02 Å². The van der Waals surface area contributed by atoms with Crippen LogP contribution in [-0.2, 0) is 19.6 Å². The van der Waals surface area contributed by atoms with Crippen molar-refractivity contribution in [2.75, 3.05) is 13.7 Å². The van der Waals surface area contributed by atoms with Crippen molar-refractivity contribution in [3.8, 4) is 6.07 Å². The molecule has 0 aliphatic carbocycles. The van der Waals surface area contributed by atoms with Gasteiger partial charge in [0, 0.05) is 5.02 Å². The summed E-state index contributed by atoms with van der Waals surface area (Å²) in [5.74, 6) is -0.948. The molecular weight excluding hydrogens is 308 g/mol. The lowest BCUT2D eigenvalue weighted by molar-refractivity contribution is -0.143. The van der Waals surface area contributed by atoms with Gasteiger partial charge in [-0.2, -0.15) is 9.98 Å². The molecule has 7 nitrogen and oxygen atoms in total. The Morgan fingerprint density at radius 2 is 2.25 bits per heavy atom. The monoisotopic (exact) mass is 318 g/mol. The number of hydrogen-bond donors (Lipinski definition) is 2. The van der Waals surface area contributed by atoms with E-state index >= 15 is 0 Å². The van der Waals surface area contributed by atoms with Gasteiger partial charge in [-0.05, 0) is 18.2 Å². The smallest absolute Gasteiger partial charge is 0.326 e. The van der Waals surface area contributed by atoms with Gasteiger partial charge in [-0.25, -0.2) is 8.42 Å². The topological polar surface area (TPSA) is 116 Å². The van der Waals surface area contributed by atoms with E-state index in [1.165, 1.54) is 12.1 Å². The first-order valence-electron chi connectivity index (χ1n) is 5.26. The summed E-state index contributed by atoms with van der Waals surface area (Å²) in [6, 6.07) is 3.93. The van der Waals surface area contributed by atoms with Crippen LogP contribution in [0.25, 0.3) is 0 Å². The average molecular weight is 319 g/mol. The third-order valence-electron chi connectivity index (χ3n) is 2.32. The van der Waals surface area contributed by atoms with Gasteiger partial charge in [-0.3, -0.25) is 4.79 Å². The summed E-state index contributed by atoms with van der Waals surface area (Å²) in [6.07, 6.45) is 0. The molecule has 0 aromatic heterocycles. The number of esters is 1. The van der Waals surface area contributed by atoms with E-state index in [1.807, 2.05) is 4.72 Å². The minimum Gasteiger partial charge on any atom is -0.468 e. The van der Waals surface area contributed by atoms with Gasteiger partial charge in [0.25, 0.3) is 0 Å². The number of benzene rings is 1. The molecule has 2 N–H and O–H groups in total. The van der Waals surface area contributed by atoms with Crippen molar-refractivity contribution in [2.24, 2.45) is 0 Å². The van der Waals surface area contributed by atoms with Crippen molar-refractivity contribution in [1.29, 1.82) is 5.26 Å². The van der Waals surface area contributed by atoms with Crippen molar-refractivity contribution in [3.63, 3.8) is 0 Å². The number of carbonyl (C=O) groups excluding carboxylic acids is 1. The molecule has 0 amide bonds. The van der Waals surface area contributed by atoms with Crippen LogP contribution in [0.1, 0.15) is 5.56 Å². The summed E-state index contributed by atoms with van der Waals surface area (Å²) in [5.41, 5.74) is -0.136. The van der Waals surface area contributed by atoms with Gasteiger partial charge in [0.15, 0.2) is 0 Å². The Hall–Kier alpha value is -1.66. The molecule has 0 radical (unpaired) electrons. The number of methoxy groups -OCH3 is 1. The van der Waals surface area contributed by atoms with E-state index in [0.29, 0.717) is 0 Å². The summed E-state index contributed by atoms with van der Waals surface area (Å²) < 4.78 is 30.5. The predicted molar refractivity (Wildman–Crippen MR) is 69.4 cm³/mol. The molecule has 1 aromatic rings. The van der Waals surface area contributed by atoms with E-state index in [1.54, 1.807) is 6.07 Å². The highest BCUT2D eigenvalue weighted by Gasteiger charge is 2.27. The maximum atomic E-state index is 12.1. The fourth-order valence-corrected chi connectivity index (χ4v) is 2.96. The first kappa shape index (κ1) is 16.4. The Labute approximate surface area is 120 Å². The molecule has 0 saturated heterocycles. The number of nitrogens with one attached hydrogen (secondary N) is 1. The van der Waals surface area contributed by atoms with E-state index in [4.69, 9.17) is 22.0 Å². The quantitative estimate of drug-likeness (QED) is 0.739. The van der Waals surface area contributed by atoms with E-state index in [-0.39, 0.29) is 15.5 Å². The van der Waals surface area contributed by atoms with E-state index in [9.17, 15) is 13.2 Å². The summed E-state index contributed by atoms with van der Waals surface area (Å²) >= 11 is 5.70. The van der Waals surface area contributed by atoms with Crippen LogP contribution in [0.15, 0.2) is 23.1 Å². The highest BCUT2D eigenvalue weighted by atomic mass is 35.5. The highest BCUT2D eigenvalue weighted by Crippen LogP contribution is 2.20. The standard InChI is InChI=1S/C11H11ClN2O5S/c1-19-11(16)9(6-15)14-20(17,18)10-4-8(12)3-2-7(10)5-13/h2-4,9,14-15H,6H2,1H3. The van der Waals surface area contributed by atoms with E-state index in [2.05, 4.69) is 4.74 Å². The molecule has 0 aliphatic heterocycles. The molecule has 0 fully saturated rings. The largest absolute Gasteiger partial charge is 0.468 e. The number of nitriles is 1. The maximum Gasteiger partial charge on any atom is 0.326 e. The van der Waals surface area contributed by atoms with Gasteiger partial charge >= 0.3 is 5.97 Å². The van der Waals surface area contributed by atoms with Crippen LogP contribution >= 0.6 is 11.6 Å². The lowest BCUT2D eigenvalue weighted by atomic mass is 10.2. The number of halogens is 1. The normalized spacial score (nSPS) is 12.5. The van der Waals surface area contributed by atoms with Gasteiger partial charge in [0.2, 0.25) is 10.0 Å². The fraction of sp³-hybridized carbons (Fsp3) is 0.273. The zero-order valence-electron chi connectivity index (χ0n) is 10.3. The molecule has 1 atom stereocenters. The second-order valence-electron chi connectivity index (χ2n) is 3.63. The molecule has 0 aliphatic rings. The average Bonchev–Trinajstić information content (AvgIpc) is 2.43. The molecule has 0 heterocycles. The lowest BCUT2D eigenvalue weighted by Crippen LogP contribution is -2.44. The zero-order chi connectivity index (χ0) is 15.3. The van der Waals surface area contributed by atoms with Crippen molar-refractivity contribution in [3.05, 3.63) is 28.8 Å². The maximum absolute atomic E-state index is 12.1. The van der Waals surface area contributed by atoms with Crippen molar-refractivity contribution in [2.45, 2.75) is 10.9 Å². The van der Waals surface area contributed by atoms with Gasteiger partial charge in [0.05, 0.1) is 19.3 Å². The zero-order valence-corrected chi connectivity index (χ0v) is 11.9. The molecule has 0 saturated carbocycles. The Bertz CT molecular complexity index is 653. The number of aliphatic hydroxyl groups excluding tert-OH is 1. The van der Waals surface area contributed by atoms with Gasteiger partial charge in [0.1, 0.15) is 17.0 Å². The Morgan fingerprint density at radius 1 is 1.60 bits per heavy atom. The summed E-state index contributed by atoms with van der Waals surface area (Å²) in [6.45, 7) is -0.783. The van der Waals surface area contributed by atoms with Crippen LogP contribution in [0.3, 0.4) is 0 Å². The van der Waals surface area contributed by atoms with Crippen LogP contribution in [0.4, 0.5) is 0 Å². The third kappa shape index (κ3) is 3.68. The Morgan fingerprint density at radius 3 is 2.75 bits per heavy atom. The number of aliphatic hydroxyl groups is 1. The molecule has 20 heavy (non-hydrogen) atoms. The van der Waals surface area contributed by atoms with Gasteiger partial charge in [-0.15, -0.1) is 0 Å². The summed E-state index contributed by atoms with van der Waals surface area (Å²) in [5, 5.41) is 18.0. The molecule has 1 rings (SSSR count). The number of nitrogens with zero attached hydrogens (tertiary/aromatic N) is 1. The number of carbonyl (C=O) groups is 1. The van der Waals surface area contributed by atoms with Gasteiger partial charge in [-0.1, -0.05) is 11.6 Å². The number of ether oxygens (including phenoxy) is 1. The second-order valence-corrected chi connectivity index (χ2v) is 5.75. The molecule has 0 bridgehead atoms. The summed E-state index contributed by atoms with van der Waals surface area (Å²) in [7, 11) is -3.15. The van der Waals surface area contributed by atoms with Crippen molar-refractivity contribution >= 4 is 27.6 Å². The number of rotatable bonds is 5. The molecule has 1 unspecified atom stereocenters. The SMILES string of the molecule is COC(=O)C(CO)NS(=O)(=O)c1cc(Cl)ccc1C#N. The minimum absolute atomic E-state index is 0.114. The van der Waals surface area contributed by atoms with Crippen molar-refractivity contribution in [1.82, 2.24) is 4.72 Å². The number of sulfonamides is 1. The van der Waals surface area contributed by atoms with Crippen LogP contribution in [0.5, 0.6) is 0 Å². The van der Waals surface area contributed by atoms with Crippen LogP contribution < -0.4 is 4.72 Å². The van der Waals surface area contributed by atoms with Crippen molar-refractivity contribution < 1.29 is 23.1 Å². The predicted octanol–water partition coefficient (Wildman–Crippen LogP) is 0.0239. The van der Waals surface area contributed by atoms with E-state index < -0.39 is 28.6 Å². The Kier molecular flexibility index (Phi) is 5.47. The first-order chi connectivity index (χ1) is 9.35. The lowest BCUT2D eigenvalue weighted by Gasteiger charge is -2.14. The molecule has 1 aromatic carbocycles. The molecular formula is C11H11ClN2O5S. The Balaban J connectivity index is 3.21. The summed E-state index contributed by atoms with van der Waals surface area (Å²) in [4.78, 5) is 10.9. The third-order valence-corrected chi connectivity index (χ3v) is 4.07.